The van der Waals surface area contributed by atoms with E-state index in [1.807, 2.05) is 0 Å². The molecule has 0 aromatic carbocycles. The minimum absolute atomic E-state index is 0.0193. The summed E-state index contributed by atoms with van der Waals surface area (Å²) < 4.78 is 17.1. The summed E-state index contributed by atoms with van der Waals surface area (Å²) >= 11 is 0. The SMILES string of the molecule is CC(=O)OC1CC2C=CCC(C1)C21OCCO1. The molecule has 0 aromatic heterocycles. The number of allylic oxidation sites excluding steroid dienone is 1. The van der Waals surface area contributed by atoms with Gasteiger partial charge in [-0.25, -0.2) is 0 Å². The van der Waals surface area contributed by atoms with E-state index in [0.717, 1.165) is 19.3 Å². The van der Waals surface area contributed by atoms with Crippen molar-refractivity contribution in [1.29, 1.82) is 0 Å². The van der Waals surface area contributed by atoms with Crippen LogP contribution in [-0.4, -0.2) is 31.1 Å². The minimum atomic E-state index is -0.425. The summed E-state index contributed by atoms with van der Waals surface area (Å²) in [6.07, 6.45) is 7.00. The summed E-state index contributed by atoms with van der Waals surface area (Å²) in [6, 6.07) is 0. The number of carbonyl (C=O) groups is 1. The Morgan fingerprint density at radius 3 is 2.76 bits per heavy atom. The van der Waals surface area contributed by atoms with Gasteiger partial charge in [0.1, 0.15) is 6.10 Å². The monoisotopic (exact) mass is 238 g/mol. The molecule has 0 N–H and O–H groups in total. The van der Waals surface area contributed by atoms with Crippen LogP contribution in [-0.2, 0) is 19.0 Å². The Morgan fingerprint density at radius 2 is 2.12 bits per heavy atom. The van der Waals surface area contributed by atoms with Gasteiger partial charge in [-0.3, -0.25) is 4.79 Å². The average Bonchev–Trinajstić information content (AvgIpc) is 2.69. The molecule has 1 spiro atoms. The minimum Gasteiger partial charge on any atom is -0.463 e. The predicted molar refractivity (Wildman–Crippen MR) is 60.2 cm³/mol. The van der Waals surface area contributed by atoms with Crippen molar-refractivity contribution in [2.75, 3.05) is 13.2 Å². The normalized spacial score (nSPS) is 38.3. The van der Waals surface area contributed by atoms with Crippen molar-refractivity contribution in [2.45, 2.75) is 38.1 Å². The molecule has 1 aliphatic heterocycles. The van der Waals surface area contributed by atoms with Crippen LogP contribution in [0, 0.1) is 11.8 Å². The number of rotatable bonds is 1. The molecule has 0 amide bonds. The van der Waals surface area contributed by atoms with Gasteiger partial charge in [0, 0.05) is 18.8 Å². The van der Waals surface area contributed by atoms with Crippen molar-refractivity contribution in [3.63, 3.8) is 0 Å². The maximum absolute atomic E-state index is 11.0. The number of esters is 1. The highest BCUT2D eigenvalue weighted by Crippen LogP contribution is 2.49. The van der Waals surface area contributed by atoms with E-state index in [1.54, 1.807) is 0 Å². The molecular formula is C13H18O4. The lowest BCUT2D eigenvalue weighted by Gasteiger charge is -2.48. The molecule has 4 heteroatoms. The van der Waals surface area contributed by atoms with Gasteiger partial charge in [-0.2, -0.15) is 0 Å². The first kappa shape index (κ1) is 11.2. The molecular weight excluding hydrogens is 220 g/mol. The highest BCUT2D eigenvalue weighted by Gasteiger charge is 2.55. The van der Waals surface area contributed by atoms with Crippen molar-refractivity contribution in [2.24, 2.45) is 11.8 Å². The molecule has 1 heterocycles. The summed E-state index contributed by atoms with van der Waals surface area (Å²) in [7, 11) is 0. The van der Waals surface area contributed by atoms with Gasteiger partial charge in [-0.1, -0.05) is 12.2 Å². The highest BCUT2D eigenvalue weighted by molar-refractivity contribution is 5.66. The summed E-state index contributed by atoms with van der Waals surface area (Å²) in [5.74, 6) is -0.0769. The molecule has 2 fully saturated rings. The second-order valence-corrected chi connectivity index (χ2v) is 5.09. The second kappa shape index (κ2) is 4.10. The van der Waals surface area contributed by atoms with Crippen LogP contribution in [0.1, 0.15) is 26.2 Å². The second-order valence-electron chi connectivity index (χ2n) is 5.09. The van der Waals surface area contributed by atoms with E-state index >= 15 is 0 Å². The molecule has 3 rings (SSSR count). The van der Waals surface area contributed by atoms with E-state index in [2.05, 4.69) is 12.2 Å². The van der Waals surface area contributed by atoms with Crippen LogP contribution in [0.5, 0.6) is 0 Å². The standard InChI is InChI=1S/C13H18O4/c1-9(14)17-12-7-10-3-2-4-11(8-12)13(10)15-5-6-16-13/h2-3,10-12H,4-8H2,1H3. The van der Waals surface area contributed by atoms with Gasteiger partial charge in [0.15, 0.2) is 5.79 Å². The molecule has 2 aliphatic carbocycles. The van der Waals surface area contributed by atoms with Gasteiger partial charge in [0.25, 0.3) is 0 Å². The average molecular weight is 238 g/mol. The molecule has 0 radical (unpaired) electrons. The van der Waals surface area contributed by atoms with E-state index in [0.29, 0.717) is 19.1 Å². The molecule has 3 aliphatic rings. The van der Waals surface area contributed by atoms with Crippen molar-refractivity contribution < 1.29 is 19.0 Å². The van der Waals surface area contributed by atoms with Gasteiger partial charge in [0.2, 0.25) is 0 Å². The third kappa shape index (κ3) is 1.79. The van der Waals surface area contributed by atoms with Gasteiger partial charge in [-0.05, 0) is 19.3 Å². The Morgan fingerprint density at radius 1 is 1.35 bits per heavy atom. The van der Waals surface area contributed by atoms with E-state index in [4.69, 9.17) is 14.2 Å². The van der Waals surface area contributed by atoms with Crippen LogP contribution in [0.3, 0.4) is 0 Å². The number of ether oxygens (including phenoxy) is 3. The summed E-state index contributed by atoms with van der Waals surface area (Å²) in [5, 5.41) is 0. The molecule has 3 atom stereocenters. The van der Waals surface area contributed by atoms with Crippen molar-refractivity contribution in [3.8, 4) is 0 Å². The maximum atomic E-state index is 11.0. The summed E-state index contributed by atoms with van der Waals surface area (Å²) in [5.41, 5.74) is 0. The fourth-order valence-corrected chi connectivity index (χ4v) is 3.43. The first-order valence-corrected chi connectivity index (χ1v) is 6.32. The molecule has 3 unspecified atom stereocenters. The Bertz CT molecular complexity index is 343. The number of carbonyl (C=O) groups excluding carboxylic acids is 1. The fraction of sp³-hybridized carbons (Fsp3) is 0.769. The first-order chi connectivity index (χ1) is 8.21. The zero-order valence-corrected chi connectivity index (χ0v) is 10.1. The first-order valence-electron chi connectivity index (χ1n) is 6.32. The van der Waals surface area contributed by atoms with Gasteiger partial charge in [-0.15, -0.1) is 0 Å². The highest BCUT2D eigenvalue weighted by atomic mass is 16.7. The Labute approximate surface area is 101 Å². The predicted octanol–water partition coefficient (Wildman–Crippen LogP) is 1.65. The summed E-state index contributed by atoms with van der Waals surface area (Å²) in [4.78, 5) is 11.0. The molecule has 1 saturated heterocycles. The van der Waals surface area contributed by atoms with Gasteiger partial charge in [0.05, 0.1) is 13.2 Å². The maximum Gasteiger partial charge on any atom is 0.302 e. The van der Waals surface area contributed by atoms with E-state index in [9.17, 15) is 4.79 Å². The van der Waals surface area contributed by atoms with Crippen molar-refractivity contribution in [1.82, 2.24) is 0 Å². The Balaban J connectivity index is 1.80. The largest absolute Gasteiger partial charge is 0.463 e. The van der Waals surface area contributed by atoms with Crippen molar-refractivity contribution >= 4 is 5.97 Å². The van der Waals surface area contributed by atoms with E-state index < -0.39 is 5.79 Å². The van der Waals surface area contributed by atoms with Crippen molar-refractivity contribution in [3.05, 3.63) is 12.2 Å². The molecule has 0 aromatic rings. The molecule has 94 valence electrons. The van der Waals surface area contributed by atoms with E-state index in [-0.39, 0.29) is 18.0 Å². The third-order valence-corrected chi connectivity index (χ3v) is 4.01. The van der Waals surface area contributed by atoms with Gasteiger partial charge >= 0.3 is 5.97 Å². The zero-order chi connectivity index (χ0) is 11.9. The molecule has 1 saturated carbocycles. The van der Waals surface area contributed by atoms with Crippen LogP contribution < -0.4 is 0 Å². The quantitative estimate of drug-likeness (QED) is 0.514. The zero-order valence-electron chi connectivity index (χ0n) is 10.1. The lowest BCUT2D eigenvalue weighted by atomic mass is 9.69. The van der Waals surface area contributed by atoms with Crippen LogP contribution in [0.4, 0.5) is 0 Å². The van der Waals surface area contributed by atoms with Gasteiger partial charge < -0.3 is 14.2 Å². The van der Waals surface area contributed by atoms with Crippen LogP contribution in [0.15, 0.2) is 12.2 Å². The molecule has 17 heavy (non-hydrogen) atoms. The molecule has 2 bridgehead atoms. The smallest absolute Gasteiger partial charge is 0.302 e. The fourth-order valence-electron chi connectivity index (χ4n) is 3.43. The van der Waals surface area contributed by atoms with Crippen LogP contribution in [0.2, 0.25) is 0 Å². The molecule has 4 nitrogen and oxygen atoms in total. The number of hydrogen-bond donors (Lipinski definition) is 0. The lowest BCUT2D eigenvalue weighted by molar-refractivity contribution is -0.251. The third-order valence-electron chi connectivity index (χ3n) is 4.01. The topological polar surface area (TPSA) is 44.8 Å². The van der Waals surface area contributed by atoms with E-state index in [1.165, 1.54) is 6.92 Å². The van der Waals surface area contributed by atoms with Crippen LogP contribution >= 0.6 is 0 Å². The lowest BCUT2D eigenvalue weighted by Crippen LogP contribution is -2.53. The van der Waals surface area contributed by atoms with Crippen LogP contribution in [0.25, 0.3) is 0 Å². The Hall–Kier alpha value is -0.870. The Kier molecular flexibility index (Phi) is 2.71. The summed E-state index contributed by atoms with van der Waals surface area (Å²) in [6.45, 7) is 2.83. The number of hydrogen-bond acceptors (Lipinski definition) is 4.